The number of likely N-dealkylation sites (tertiary alicyclic amines) is 1. The van der Waals surface area contributed by atoms with E-state index < -0.39 is 0 Å². The summed E-state index contributed by atoms with van der Waals surface area (Å²) in [5.41, 5.74) is 2.67. The van der Waals surface area contributed by atoms with Crippen molar-refractivity contribution in [3.63, 3.8) is 0 Å². The van der Waals surface area contributed by atoms with Crippen LogP contribution in [0.15, 0.2) is 30.5 Å². The molecule has 2 aromatic heterocycles. The summed E-state index contributed by atoms with van der Waals surface area (Å²) >= 11 is 0. The number of aromatic nitrogens is 4. The number of nitrogens with one attached hydrogen (secondary N) is 1. The molecule has 0 spiro atoms. The van der Waals surface area contributed by atoms with E-state index in [-0.39, 0.29) is 23.7 Å². The highest BCUT2D eigenvalue weighted by Crippen LogP contribution is 2.25. The molecule has 1 N–H and O–H groups in total. The van der Waals surface area contributed by atoms with Crippen molar-refractivity contribution in [2.24, 2.45) is 0 Å². The molecule has 3 heterocycles. The van der Waals surface area contributed by atoms with Crippen LogP contribution in [0.5, 0.6) is 5.75 Å². The molecule has 0 bridgehead atoms. The van der Waals surface area contributed by atoms with Crippen LogP contribution in [-0.4, -0.2) is 75.6 Å². The number of nitrogens with zero attached hydrogens (tertiary/aromatic N) is 6. The first-order chi connectivity index (χ1) is 16.4. The number of anilines is 1. The summed E-state index contributed by atoms with van der Waals surface area (Å²) in [6, 6.07) is 7.79. The quantitative estimate of drug-likeness (QED) is 0.517. The second kappa shape index (κ2) is 10.4. The predicted octanol–water partition coefficient (Wildman–Crippen LogP) is 3.60. The van der Waals surface area contributed by atoms with Crippen LogP contribution >= 0.6 is 0 Å². The van der Waals surface area contributed by atoms with Crippen LogP contribution < -0.4 is 10.1 Å². The standard InChI is InChI=1S/C25H35N7O2/c1-17(2)21-16-26-32-23(21)28-22(24(33)30(4)13-14-31-11-6-7-12-31)29-25(32)27-18(3)19-9-8-10-20(15-19)34-5/h8-10,15-18H,6-7,11-14H2,1-5H3,(H,27,28,29)/t18-/m0/s1. The van der Waals surface area contributed by atoms with Crippen molar-refractivity contribution in [3.8, 4) is 5.75 Å². The Morgan fingerprint density at radius 2 is 1.97 bits per heavy atom. The third-order valence-electron chi connectivity index (χ3n) is 6.45. The van der Waals surface area contributed by atoms with Crippen LogP contribution in [0.4, 0.5) is 5.95 Å². The molecule has 4 rings (SSSR count). The summed E-state index contributed by atoms with van der Waals surface area (Å²) < 4.78 is 7.05. The zero-order chi connectivity index (χ0) is 24.2. The van der Waals surface area contributed by atoms with E-state index in [9.17, 15) is 4.79 Å². The smallest absolute Gasteiger partial charge is 0.291 e. The highest BCUT2D eigenvalue weighted by atomic mass is 16.5. The molecule has 1 fully saturated rings. The van der Waals surface area contributed by atoms with Gasteiger partial charge in [-0.1, -0.05) is 26.0 Å². The van der Waals surface area contributed by atoms with Gasteiger partial charge in [0, 0.05) is 25.7 Å². The van der Waals surface area contributed by atoms with Gasteiger partial charge in [0.05, 0.1) is 19.3 Å². The monoisotopic (exact) mass is 465 g/mol. The summed E-state index contributed by atoms with van der Waals surface area (Å²) in [4.78, 5) is 26.7. The fourth-order valence-electron chi connectivity index (χ4n) is 4.25. The Morgan fingerprint density at radius 3 is 2.68 bits per heavy atom. The fraction of sp³-hybridized carbons (Fsp3) is 0.520. The molecule has 1 aromatic carbocycles. The lowest BCUT2D eigenvalue weighted by atomic mass is 10.1. The molecule has 1 aliphatic rings. The predicted molar refractivity (Wildman–Crippen MR) is 133 cm³/mol. The van der Waals surface area contributed by atoms with Gasteiger partial charge in [0.2, 0.25) is 11.8 Å². The number of ether oxygens (including phenoxy) is 1. The molecule has 0 unspecified atom stereocenters. The summed E-state index contributed by atoms with van der Waals surface area (Å²) in [5, 5.41) is 7.96. The number of hydrogen-bond acceptors (Lipinski definition) is 7. The first-order valence-electron chi connectivity index (χ1n) is 12.0. The van der Waals surface area contributed by atoms with Crippen LogP contribution in [0.25, 0.3) is 5.65 Å². The molecular formula is C25H35N7O2. The maximum absolute atomic E-state index is 13.3. The van der Waals surface area contributed by atoms with Crippen LogP contribution in [0, 0.1) is 0 Å². The maximum Gasteiger partial charge on any atom is 0.291 e. The average Bonchev–Trinajstić information content (AvgIpc) is 3.52. The molecule has 0 radical (unpaired) electrons. The molecule has 34 heavy (non-hydrogen) atoms. The minimum Gasteiger partial charge on any atom is -0.497 e. The lowest BCUT2D eigenvalue weighted by Gasteiger charge is -2.21. The Labute approximate surface area is 201 Å². The van der Waals surface area contributed by atoms with Gasteiger partial charge >= 0.3 is 0 Å². The topological polar surface area (TPSA) is 87.9 Å². The van der Waals surface area contributed by atoms with Gasteiger partial charge in [0.25, 0.3) is 5.91 Å². The van der Waals surface area contributed by atoms with E-state index in [4.69, 9.17) is 4.74 Å². The number of benzene rings is 1. The number of fused-ring (bicyclic) bond motifs is 1. The third kappa shape index (κ3) is 5.14. The molecule has 9 nitrogen and oxygen atoms in total. The Balaban J connectivity index is 1.63. The molecule has 9 heteroatoms. The number of likely N-dealkylation sites (N-methyl/N-ethyl adjacent to an activating group) is 1. The summed E-state index contributed by atoms with van der Waals surface area (Å²) in [5.74, 6) is 1.49. The van der Waals surface area contributed by atoms with Gasteiger partial charge in [-0.15, -0.1) is 0 Å². The van der Waals surface area contributed by atoms with Gasteiger partial charge in [-0.3, -0.25) is 4.79 Å². The lowest BCUT2D eigenvalue weighted by Crippen LogP contribution is -2.36. The van der Waals surface area contributed by atoms with E-state index in [1.165, 1.54) is 12.8 Å². The van der Waals surface area contributed by atoms with Crippen molar-refractivity contribution < 1.29 is 9.53 Å². The summed E-state index contributed by atoms with van der Waals surface area (Å²) in [6.07, 6.45) is 4.27. The highest BCUT2D eigenvalue weighted by Gasteiger charge is 2.23. The van der Waals surface area contributed by atoms with Gasteiger partial charge < -0.3 is 19.9 Å². The molecule has 182 valence electrons. The number of rotatable bonds is 9. The van der Waals surface area contributed by atoms with Crippen LogP contribution in [0.2, 0.25) is 0 Å². The van der Waals surface area contributed by atoms with Gasteiger partial charge in [0.15, 0.2) is 5.65 Å². The van der Waals surface area contributed by atoms with E-state index in [2.05, 4.69) is 39.1 Å². The van der Waals surface area contributed by atoms with Crippen molar-refractivity contribution in [2.75, 3.05) is 45.7 Å². The number of carbonyl (C=O) groups excluding carboxylic acids is 1. The zero-order valence-corrected chi connectivity index (χ0v) is 20.8. The van der Waals surface area contributed by atoms with E-state index in [1.54, 1.807) is 22.7 Å². The van der Waals surface area contributed by atoms with E-state index in [1.807, 2.05) is 38.2 Å². The molecule has 1 atom stereocenters. The lowest BCUT2D eigenvalue weighted by molar-refractivity contribution is 0.0770. The maximum atomic E-state index is 13.3. The summed E-state index contributed by atoms with van der Waals surface area (Å²) in [7, 11) is 3.47. The van der Waals surface area contributed by atoms with Crippen LogP contribution in [0.1, 0.15) is 67.3 Å². The highest BCUT2D eigenvalue weighted by molar-refractivity contribution is 5.91. The Kier molecular flexibility index (Phi) is 7.31. The van der Waals surface area contributed by atoms with Gasteiger partial charge in [-0.2, -0.15) is 14.6 Å². The molecule has 0 saturated carbocycles. The second-order valence-corrected chi connectivity index (χ2v) is 9.28. The SMILES string of the molecule is COc1cccc([C@H](C)Nc2nc(C(=O)N(C)CCN3CCCC3)nc3c(C(C)C)cnn23)c1. The number of hydrogen-bond donors (Lipinski definition) is 1. The van der Waals surface area contributed by atoms with Crippen molar-refractivity contribution in [1.29, 1.82) is 0 Å². The molecule has 1 aliphatic heterocycles. The van der Waals surface area contributed by atoms with Crippen molar-refractivity contribution in [1.82, 2.24) is 29.4 Å². The minimum absolute atomic E-state index is 0.0873. The number of amides is 1. The van der Waals surface area contributed by atoms with Crippen molar-refractivity contribution in [3.05, 3.63) is 47.4 Å². The first kappa shape index (κ1) is 23.9. The van der Waals surface area contributed by atoms with Gasteiger partial charge in [0.1, 0.15) is 5.75 Å². The molecule has 1 amide bonds. The molecule has 3 aromatic rings. The third-order valence-corrected chi connectivity index (χ3v) is 6.45. The molecular weight excluding hydrogens is 430 g/mol. The zero-order valence-electron chi connectivity index (χ0n) is 20.8. The van der Waals surface area contributed by atoms with Crippen LogP contribution in [-0.2, 0) is 0 Å². The fourth-order valence-corrected chi connectivity index (χ4v) is 4.25. The van der Waals surface area contributed by atoms with Crippen molar-refractivity contribution >= 4 is 17.5 Å². The van der Waals surface area contributed by atoms with Gasteiger partial charge in [-0.25, -0.2) is 4.98 Å². The molecule has 1 saturated heterocycles. The molecule has 0 aliphatic carbocycles. The Morgan fingerprint density at radius 1 is 1.21 bits per heavy atom. The minimum atomic E-state index is -0.185. The van der Waals surface area contributed by atoms with E-state index in [0.29, 0.717) is 18.1 Å². The Bertz CT molecular complexity index is 1140. The van der Waals surface area contributed by atoms with Gasteiger partial charge in [-0.05, 0) is 56.5 Å². The first-order valence-corrected chi connectivity index (χ1v) is 12.0. The largest absolute Gasteiger partial charge is 0.497 e. The van der Waals surface area contributed by atoms with Crippen molar-refractivity contribution in [2.45, 2.75) is 45.6 Å². The normalized spacial score (nSPS) is 15.1. The van der Waals surface area contributed by atoms with E-state index in [0.717, 1.165) is 36.5 Å². The Hall–Kier alpha value is -3.20. The number of methoxy groups -OCH3 is 1. The summed E-state index contributed by atoms with van der Waals surface area (Å²) in [6.45, 7) is 9.95. The second-order valence-electron chi connectivity index (χ2n) is 9.28. The number of carbonyl (C=O) groups is 1. The average molecular weight is 466 g/mol. The van der Waals surface area contributed by atoms with Crippen LogP contribution in [0.3, 0.4) is 0 Å². The van der Waals surface area contributed by atoms with E-state index >= 15 is 0 Å².